The third kappa shape index (κ3) is 4.40. The largest absolute Gasteiger partial charge is 0.455 e. The van der Waals surface area contributed by atoms with E-state index in [1.165, 1.54) is 35.5 Å². The monoisotopic (exact) mass is 415 g/mol. The van der Waals surface area contributed by atoms with Crippen molar-refractivity contribution in [1.29, 1.82) is 0 Å². The smallest absolute Gasteiger partial charge is 0.295 e. The van der Waals surface area contributed by atoms with E-state index in [0.29, 0.717) is 17.2 Å². The van der Waals surface area contributed by atoms with Gasteiger partial charge in [0, 0.05) is 11.6 Å². The Morgan fingerprint density at radius 1 is 1.10 bits per heavy atom. The lowest BCUT2D eigenvalue weighted by Gasteiger charge is -2.13. The molecule has 1 amide bonds. The molecule has 0 unspecified atom stereocenters. The second-order valence-corrected chi connectivity index (χ2v) is 6.67. The molecule has 0 bridgehead atoms. The third-order valence-electron chi connectivity index (χ3n) is 4.48. The second-order valence-electron chi connectivity index (χ2n) is 6.67. The number of carbonyl (C=O) groups is 1. The van der Waals surface area contributed by atoms with Gasteiger partial charge in [0.05, 0.1) is 10.6 Å². The Morgan fingerprint density at radius 2 is 1.87 bits per heavy atom. The summed E-state index contributed by atoms with van der Waals surface area (Å²) in [5.74, 6) is 0.571. The molecule has 0 saturated heterocycles. The van der Waals surface area contributed by atoms with Gasteiger partial charge in [-0.2, -0.15) is 5.10 Å². The van der Waals surface area contributed by atoms with Gasteiger partial charge in [-0.1, -0.05) is 29.8 Å². The van der Waals surface area contributed by atoms with E-state index in [1.54, 1.807) is 24.3 Å². The van der Waals surface area contributed by atoms with Crippen molar-refractivity contribution in [3.05, 3.63) is 101 Å². The van der Waals surface area contributed by atoms with Gasteiger partial charge in [-0.3, -0.25) is 14.9 Å². The number of hydrogen-bond acceptors (Lipinski definition) is 6. The Balaban J connectivity index is 1.59. The van der Waals surface area contributed by atoms with Gasteiger partial charge in [-0.25, -0.2) is 9.67 Å². The molecule has 1 aromatic heterocycles. The fourth-order valence-electron chi connectivity index (χ4n) is 2.92. The first-order valence-electron chi connectivity index (χ1n) is 9.29. The van der Waals surface area contributed by atoms with E-state index in [2.05, 4.69) is 15.4 Å². The summed E-state index contributed by atoms with van der Waals surface area (Å²) in [6.07, 6.45) is 2.62. The highest BCUT2D eigenvalue weighted by molar-refractivity contribution is 6.05. The molecule has 0 spiro atoms. The molecule has 0 aliphatic rings. The molecular formula is C22H17N5O4. The molecule has 154 valence electrons. The van der Waals surface area contributed by atoms with Gasteiger partial charge in [0.25, 0.3) is 11.6 Å². The van der Waals surface area contributed by atoms with Gasteiger partial charge in [-0.15, -0.1) is 0 Å². The molecule has 0 radical (unpaired) electrons. The summed E-state index contributed by atoms with van der Waals surface area (Å²) < 4.78 is 7.16. The van der Waals surface area contributed by atoms with Crippen LogP contribution < -0.4 is 10.1 Å². The molecule has 31 heavy (non-hydrogen) atoms. The topological polar surface area (TPSA) is 112 Å². The number of aromatic nitrogens is 3. The first-order chi connectivity index (χ1) is 15.0. The Kier molecular flexibility index (Phi) is 5.39. The molecule has 0 atom stereocenters. The molecule has 3 aromatic carbocycles. The minimum Gasteiger partial charge on any atom is -0.455 e. The maximum atomic E-state index is 12.8. The van der Waals surface area contributed by atoms with Crippen LogP contribution in [0, 0.1) is 17.0 Å². The standard InChI is InChI=1S/C22H17N5O4/c1-15-6-9-17(10-7-15)31-21-5-3-2-4-18(21)25-22(28)16-8-11-19(20(12-16)27(29)30)26-14-23-13-24-26/h2-14H,1H3,(H,25,28). The fourth-order valence-corrected chi connectivity index (χ4v) is 2.92. The fraction of sp³-hybridized carbons (Fsp3) is 0.0455. The number of aryl methyl sites for hydroxylation is 1. The van der Waals surface area contributed by atoms with E-state index >= 15 is 0 Å². The van der Waals surface area contributed by atoms with Crippen LogP contribution in [-0.2, 0) is 0 Å². The summed E-state index contributed by atoms with van der Waals surface area (Å²) in [5.41, 5.74) is 1.62. The van der Waals surface area contributed by atoms with Gasteiger partial charge >= 0.3 is 0 Å². The van der Waals surface area contributed by atoms with Crippen LogP contribution in [0.3, 0.4) is 0 Å². The molecule has 0 aliphatic carbocycles. The lowest BCUT2D eigenvalue weighted by Crippen LogP contribution is -2.13. The lowest BCUT2D eigenvalue weighted by atomic mass is 10.1. The van der Waals surface area contributed by atoms with Gasteiger partial charge in [-0.05, 0) is 43.3 Å². The number of benzene rings is 3. The Morgan fingerprint density at radius 3 is 2.58 bits per heavy atom. The highest BCUT2D eigenvalue weighted by atomic mass is 16.6. The minimum absolute atomic E-state index is 0.126. The van der Waals surface area contributed by atoms with Crippen LogP contribution in [0.4, 0.5) is 11.4 Å². The van der Waals surface area contributed by atoms with Gasteiger partial charge in [0.1, 0.15) is 24.1 Å². The number of ether oxygens (including phenoxy) is 1. The van der Waals surface area contributed by atoms with Crippen molar-refractivity contribution in [2.45, 2.75) is 6.92 Å². The van der Waals surface area contributed by atoms with Crippen molar-refractivity contribution in [2.24, 2.45) is 0 Å². The first kappa shape index (κ1) is 19.8. The van der Waals surface area contributed by atoms with E-state index in [-0.39, 0.29) is 16.9 Å². The normalized spacial score (nSPS) is 10.5. The quantitative estimate of drug-likeness (QED) is 0.366. The number of nitrogens with zero attached hydrogens (tertiary/aromatic N) is 4. The molecule has 1 N–H and O–H groups in total. The summed E-state index contributed by atoms with van der Waals surface area (Å²) in [7, 11) is 0. The number of para-hydroxylation sites is 2. The maximum absolute atomic E-state index is 12.8. The van der Waals surface area contributed by atoms with Gasteiger partial charge < -0.3 is 10.1 Å². The molecule has 1 heterocycles. The van der Waals surface area contributed by atoms with Crippen LogP contribution in [-0.4, -0.2) is 25.6 Å². The summed E-state index contributed by atoms with van der Waals surface area (Å²) in [6.45, 7) is 1.98. The van der Waals surface area contributed by atoms with Gasteiger partial charge in [0.15, 0.2) is 5.75 Å². The highest BCUT2D eigenvalue weighted by Gasteiger charge is 2.20. The number of nitro groups is 1. The molecule has 0 fully saturated rings. The van der Waals surface area contributed by atoms with Crippen LogP contribution >= 0.6 is 0 Å². The van der Waals surface area contributed by atoms with Crippen molar-refractivity contribution in [2.75, 3.05) is 5.32 Å². The number of carbonyl (C=O) groups excluding carboxylic acids is 1. The molecular weight excluding hydrogens is 398 g/mol. The van der Waals surface area contributed by atoms with Crippen LogP contribution in [0.5, 0.6) is 11.5 Å². The van der Waals surface area contributed by atoms with E-state index < -0.39 is 10.8 Å². The molecule has 9 nitrogen and oxygen atoms in total. The summed E-state index contributed by atoms with van der Waals surface area (Å²) in [5, 5.41) is 18.2. The van der Waals surface area contributed by atoms with Crippen LogP contribution in [0.2, 0.25) is 0 Å². The zero-order valence-electron chi connectivity index (χ0n) is 16.4. The Bertz CT molecular complexity index is 1240. The molecule has 0 saturated carbocycles. The van der Waals surface area contributed by atoms with E-state index in [0.717, 1.165) is 5.56 Å². The van der Waals surface area contributed by atoms with Crippen molar-refractivity contribution >= 4 is 17.3 Å². The molecule has 0 aliphatic heterocycles. The van der Waals surface area contributed by atoms with E-state index in [1.807, 2.05) is 31.2 Å². The van der Waals surface area contributed by atoms with Crippen molar-refractivity contribution in [3.8, 4) is 17.2 Å². The zero-order chi connectivity index (χ0) is 21.8. The summed E-state index contributed by atoms with van der Waals surface area (Å²) in [4.78, 5) is 27.6. The number of hydrogen-bond donors (Lipinski definition) is 1. The van der Waals surface area contributed by atoms with E-state index in [9.17, 15) is 14.9 Å². The summed E-state index contributed by atoms with van der Waals surface area (Å²) >= 11 is 0. The number of nitrogens with one attached hydrogen (secondary N) is 1. The molecule has 4 aromatic rings. The SMILES string of the molecule is Cc1ccc(Oc2ccccc2NC(=O)c2ccc(-n3cncn3)c([N+](=O)[O-])c2)cc1. The zero-order valence-corrected chi connectivity index (χ0v) is 16.4. The van der Waals surface area contributed by atoms with Crippen molar-refractivity contribution < 1.29 is 14.5 Å². The number of anilines is 1. The van der Waals surface area contributed by atoms with Crippen LogP contribution in [0.15, 0.2) is 79.4 Å². The summed E-state index contributed by atoms with van der Waals surface area (Å²) in [6, 6.07) is 18.6. The first-order valence-corrected chi connectivity index (χ1v) is 9.29. The van der Waals surface area contributed by atoms with Crippen LogP contribution in [0.1, 0.15) is 15.9 Å². The van der Waals surface area contributed by atoms with Crippen LogP contribution in [0.25, 0.3) is 5.69 Å². The average molecular weight is 415 g/mol. The predicted molar refractivity (Wildman–Crippen MR) is 114 cm³/mol. The minimum atomic E-state index is -0.567. The Hall–Kier alpha value is -4.53. The Labute approximate surface area is 177 Å². The second kappa shape index (κ2) is 8.46. The number of nitro benzene ring substituents is 1. The predicted octanol–water partition coefficient (Wildman–Crippen LogP) is 4.53. The molecule has 9 heteroatoms. The lowest BCUT2D eigenvalue weighted by molar-refractivity contribution is -0.384. The molecule has 4 rings (SSSR count). The number of rotatable bonds is 6. The average Bonchev–Trinajstić information content (AvgIpc) is 3.31. The maximum Gasteiger partial charge on any atom is 0.295 e. The van der Waals surface area contributed by atoms with Crippen molar-refractivity contribution in [1.82, 2.24) is 14.8 Å². The van der Waals surface area contributed by atoms with Gasteiger partial charge in [0.2, 0.25) is 0 Å². The van der Waals surface area contributed by atoms with Crippen molar-refractivity contribution in [3.63, 3.8) is 0 Å². The van der Waals surface area contributed by atoms with E-state index in [4.69, 9.17) is 4.74 Å². The number of amides is 1. The highest BCUT2D eigenvalue weighted by Crippen LogP contribution is 2.30. The third-order valence-corrected chi connectivity index (χ3v) is 4.48.